The highest BCUT2D eigenvalue weighted by molar-refractivity contribution is 9.11. The van der Waals surface area contributed by atoms with Gasteiger partial charge < -0.3 is 4.90 Å². The van der Waals surface area contributed by atoms with Gasteiger partial charge in [-0.2, -0.15) is 0 Å². The van der Waals surface area contributed by atoms with Gasteiger partial charge in [0.1, 0.15) is 4.21 Å². The Hall–Kier alpha value is -1.12. The lowest BCUT2D eigenvalue weighted by Crippen LogP contribution is -2.16. The molecule has 0 bridgehead atoms. The fourth-order valence-electron chi connectivity index (χ4n) is 1.49. The summed E-state index contributed by atoms with van der Waals surface area (Å²) in [7, 11) is 0.108. The minimum absolute atomic E-state index is 0.257. The van der Waals surface area contributed by atoms with E-state index in [-0.39, 0.29) is 4.21 Å². The third kappa shape index (κ3) is 3.26. The van der Waals surface area contributed by atoms with Crippen molar-refractivity contribution in [2.45, 2.75) is 4.21 Å². The highest BCUT2D eigenvalue weighted by Crippen LogP contribution is 2.30. The van der Waals surface area contributed by atoms with E-state index in [1.165, 1.54) is 6.20 Å². The maximum absolute atomic E-state index is 12.2. The average Bonchev–Trinajstić information content (AvgIpc) is 2.76. The zero-order valence-electron chi connectivity index (χ0n) is 10.3. The van der Waals surface area contributed by atoms with Crippen molar-refractivity contribution in [3.63, 3.8) is 0 Å². The highest BCUT2D eigenvalue weighted by Gasteiger charge is 2.18. The second-order valence-corrected chi connectivity index (χ2v) is 8.32. The number of anilines is 2. The van der Waals surface area contributed by atoms with Crippen LogP contribution in [0, 0.1) is 0 Å². The van der Waals surface area contributed by atoms with Gasteiger partial charge >= 0.3 is 0 Å². The Morgan fingerprint density at radius 1 is 1.32 bits per heavy atom. The molecule has 0 fully saturated rings. The van der Waals surface area contributed by atoms with Gasteiger partial charge in [0, 0.05) is 20.3 Å². The fraction of sp³-hybridized carbons (Fsp3) is 0.182. The number of thiophene rings is 1. The molecule has 102 valence electrons. The minimum Gasteiger partial charge on any atom is -0.376 e. The van der Waals surface area contributed by atoms with Crippen molar-refractivity contribution in [1.29, 1.82) is 0 Å². The number of pyridine rings is 1. The Labute approximate surface area is 124 Å². The van der Waals surface area contributed by atoms with Crippen molar-refractivity contribution in [3.05, 3.63) is 34.4 Å². The molecule has 19 heavy (non-hydrogen) atoms. The molecular weight excluding hydrogens is 350 g/mol. The predicted octanol–water partition coefficient (Wildman–Crippen LogP) is 2.77. The normalized spacial score (nSPS) is 11.3. The van der Waals surface area contributed by atoms with Gasteiger partial charge in [-0.05, 0) is 34.1 Å². The van der Waals surface area contributed by atoms with Gasteiger partial charge in [-0.1, -0.05) is 0 Å². The molecule has 2 aromatic heterocycles. The summed E-state index contributed by atoms with van der Waals surface area (Å²) < 4.78 is 28.0. The standard InChI is InChI=1S/C11H12BrN3O2S2/c1-15(2)9-5-6-13-7-8(9)14-19(16,17)11-4-3-10(12)18-11/h3-7,14H,1-2H3. The molecule has 2 heterocycles. The van der Waals surface area contributed by atoms with Crippen LogP contribution in [0.1, 0.15) is 0 Å². The van der Waals surface area contributed by atoms with E-state index in [0.29, 0.717) is 5.69 Å². The number of hydrogen-bond donors (Lipinski definition) is 1. The molecule has 0 radical (unpaired) electrons. The Balaban J connectivity index is 2.36. The number of rotatable bonds is 4. The zero-order chi connectivity index (χ0) is 14.0. The van der Waals surface area contributed by atoms with Crippen molar-refractivity contribution in [2.24, 2.45) is 0 Å². The summed E-state index contributed by atoms with van der Waals surface area (Å²) in [4.78, 5) is 5.77. The minimum atomic E-state index is -3.58. The summed E-state index contributed by atoms with van der Waals surface area (Å²) in [5.41, 5.74) is 1.21. The molecule has 0 aliphatic heterocycles. The number of halogens is 1. The quantitative estimate of drug-likeness (QED) is 0.909. The molecule has 0 amide bonds. The van der Waals surface area contributed by atoms with Crippen molar-refractivity contribution < 1.29 is 8.42 Å². The van der Waals surface area contributed by atoms with E-state index in [1.54, 1.807) is 24.4 Å². The van der Waals surface area contributed by atoms with Gasteiger partial charge in [-0.3, -0.25) is 9.71 Å². The first-order valence-electron chi connectivity index (χ1n) is 5.29. The van der Waals surface area contributed by atoms with Crippen LogP contribution in [0.4, 0.5) is 11.4 Å². The molecule has 0 saturated heterocycles. The van der Waals surface area contributed by atoms with Gasteiger partial charge in [0.05, 0.1) is 21.4 Å². The molecule has 8 heteroatoms. The Morgan fingerprint density at radius 2 is 2.05 bits per heavy atom. The third-order valence-electron chi connectivity index (χ3n) is 2.34. The summed E-state index contributed by atoms with van der Waals surface area (Å²) in [5.74, 6) is 0. The second-order valence-electron chi connectivity index (χ2n) is 3.95. The molecule has 0 spiro atoms. The molecule has 0 aliphatic rings. The monoisotopic (exact) mass is 361 g/mol. The first-order chi connectivity index (χ1) is 8.90. The van der Waals surface area contributed by atoms with Crippen LogP contribution in [-0.2, 0) is 10.0 Å². The van der Waals surface area contributed by atoms with Gasteiger partial charge in [0.2, 0.25) is 0 Å². The van der Waals surface area contributed by atoms with Crippen molar-refractivity contribution in [3.8, 4) is 0 Å². The van der Waals surface area contributed by atoms with Crippen LogP contribution in [0.3, 0.4) is 0 Å². The molecule has 0 unspecified atom stereocenters. The van der Waals surface area contributed by atoms with Gasteiger partial charge in [-0.25, -0.2) is 8.42 Å². The molecule has 0 aliphatic carbocycles. The zero-order valence-corrected chi connectivity index (χ0v) is 13.5. The summed E-state index contributed by atoms with van der Waals surface area (Å²) in [6.45, 7) is 0. The molecule has 2 aromatic rings. The van der Waals surface area contributed by atoms with Gasteiger partial charge in [0.15, 0.2) is 0 Å². The van der Waals surface area contributed by atoms with E-state index in [2.05, 4.69) is 25.6 Å². The molecule has 0 aromatic carbocycles. The highest BCUT2D eigenvalue weighted by atomic mass is 79.9. The van der Waals surface area contributed by atoms with Crippen LogP contribution in [0.25, 0.3) is 0 Å². The number of hydrogen-bond acceptors (Lipinski definition) is 5. The number of sulfonamides is 1. The van der Waals surface area contributed by atoms with E-state index in [4.69, 9.17) is 0 Å². The van der Waals surface area contributed by atoms with E-state index >= 15 is 0 Å². The molecule has 0 atom stereocenters. The van der Waals surface area contributed by atoms with Gasteiger partial charge in [-0.15, -0.1) is 11.3 Å². The fourth-order valence-corrected chi connectivity index (χ4v) is 4.56. The van der Waals surface area contributed by atoms with Crippen molar-refractivity contribution in [1.82, 2.24) is 4.98 Å². The predicted molar refractivity (Wildman–Crippen MR) is 81.4 cm³/mol. The van der Waals surface area contributed by atoms with Crippen molar-refractivity contribution >= 4 is 48.7 Å². The van der Waals surface area contributed by atoms with Crippen LogP contribution in [-0.4, -0.2) is 27.5 Å². The first kappa shape index (κ1) is 14.3. The van der Waals surface area contributed by atoms with Crippen LogP contribution in [0.5, 0.6) is 0 Å². The average molecular weight is 362 g/mol. The summed E-state index contributed by atoms with van der Waals surface area (Å²) in [6.07, 6.45) is 3.12. The van der Waals surface area contributed by atoms with Crippen LogP contribution >= 0.6 is 27.3 Å². The first-order valence-corrected chi connectivity index (χ1v) is 8.39. The summed E-state index contributed by atoms with van der Waals surface area (Å²) in [6, 6.07) is 5.01. The van der Waals surface area contributed by atoms with E-state index < -0.39 is 10.0 Å². The number of aromatic nitrogens is 1. The summed E-state index contributed by atoms with van der Waals surface area (Å²) >= 11 is 4.41. The molecular formula is C11H12BrN3O2S2. The smallest absolute Gasteiger partial charge is 0.271 e. The van der Waals surface area contributed by atoms with Crippen LogP contribution < -0.4 is 9.62 Å². The lowest BCUT2D eigenvalue weighted by molar-refractivity contribution is 0.603. The third-order valence-corrected chi connectivity index (χ3v) is 5.82. The maximum atomic E-state index is 12.2. The Morgan fingerprint density at radius 3 is 2.63 bits per heavy atom. The van der Waals surface area contributed by atoms with Gasteiger partial charge in [0.25, 0.3) is 10.0 Å². The molecule has 0 saturated carbocycles. The lowest BCUT2D eigenvalue weighted by atomic mass is 10.3. The molecule has 2 rings (SSSR count). The SMILES string of the molecule is CN(C)c1ccncc1NS(=O)(=O)c1ccc(Br)s1. The van der Waals surface area contributed by atoms with E-state index in [1.807, 2.05) is 19.0 Å². The van der Waals surface area contributed by atoms with Crippen molar-refractivity contribution in [2.75, 3.05) is 23.7 Å². The van der Waals surface area contributed by atoms with Crippen LogP contribution in [0.2, 0.25) is 0 Å². The largest absolute Gasteiger partial charge is 0.376 e. The second kappa shape index (κ2) is 5.48. The topological polar surface area (TPSA) is 62.3 Å². The number of nitrogens with zero attached hydrogens (tertiary/aromatic N) is 2. The van der Waals surface area contributed by atoms with E-state index in [0.717, 1.165) is 20.8 Å². The maximum Gasteiger partial charge on any atom is 0.271 e. The lowest BCUT2D eigenvalue weighted by Gasteiger charge is -2.17. The van der Waals surface area contributed by atoms with Crippen LogP contribution in [0.15, 0.2) is 38.6 Å². The Bertz CT molecular complexity index is 683. The van der Waals surface area contributed by atoms with E-state index in [9.17, 15) is 8.42 Å². The molecule has 5 nitrogen and oxygen atoms in total. The summed E-state index contributed by atoms with van der Waals surface area (Å²) in [5, 5.41) is 0. The molecule has 1 N–H and O–H groups in total. The number of nitrogens with one attached hydrogen (secondary N) is 1. The Kier molecular flexibility index (Phi) is 4.12.